The summed E-state index contributed by atoms with van der Waals surface area (Å²) < 4.78 is 5.53. The molecule has 15 heavy (non-hydrogen) atoms. The minimum absolute atomic E-state index is 0.266. The summed E-state index contributed by atoms with van der Waals surface area (Å²) in [6.45, 7) is 7.96. The molecule has 0 bridgehead atoms. The maximum atomic E-state index is 9.85. The molecule has 2 fully saturated rings. The van der Waals surface area contributed by atoms with Crippen LogP contribution in [-0.4, -0.2) is 35.1 Å². The summed E-state index contributed by atoms with van der Waals surface area (Å²) in [7, 11) is 0. The third-order valence-corrected chi connectivity index (χ3v) is 3.51. The summed E-state index contributed by atoms with van der Waals surface area (Å²) in [5.74, 6) is 0. The molecule has 0 aromatic carbocycles. The molecule has 0 aromatic heterocycles. The van der Waals surface area contributed by atoms with E-state index in [-0.39, 0.29) is 5.60 Å². The highest BCUT2D eigenvalue weighted by molar-refractivity contribution is 4.97. The first-order valence-electron chi connectivity index (χ1n) is 6.00. The average Bonchev–Trinajstić information content (AvgIpc) is 2.44. The minimum Gasteiger partial charge on any atom is -0.356 e. The third-order valence-electron chi connectivity index (χ3n) is 3.51. The molecule has 1 spiro atoms. The van der Waals surface area contributed by atoms with Gasteiger partial charge in [-0.05, 0) is 39.0 Å². The van der Waals surface area contributed by atoms with Crippen molar-refractivity contribution in [1.29, 1.82) is 0 Å². The molecule has 1 aliphatic carbocycles. The standard InChI is InChI=1S/C12H23NO2/c1-11(2,3)15-10(14)13-8-12(9-13)6-4-5-7-12/h10,14H,4-9H2,1-3H3. The van der Waals surface area contributed by atoms with Crippen molar-refractivity contribution in [3.8, 4) is 0 Å². The Morgan fingerprint density at radius 1 is 1.20 bits per heavy atom. The van der Waals surface area contributed by atoms with E-state index in [4.69, 9.17) is 4.74 Å². The third kappa shape index (κ3) is 2.52. The summed E-state index contributed by atoms with van der Waals surface area (Å²) in [5, 5.41) is 9.85. The van der Waals surface area contributed by atoms with Crippen molar-refractivity contribution in [2.24, 2.45) is 5.41 Å². The van der Waals surface area contributed by atoms with Gasteiger partial charge in [0.15, 0.2) is 0 Å². The lowest BCUT2D eigenvalue weighted by Crippen LogP contribution is -2.60. The Hall–Kier alpha value is -0.120. The molecule has 2 aliphatic rings. The molecule has 0 radical (unpaired) electrons. The van der Waals surface area contributed by atoms with E-state index in [1.165, 1.54) is 25.7 Å². The number of likely N-dealkylation sites (tertiary alicyclic amines) is 1. The van der Waals surface area contributed by atoms with Crippen LogP contribution in [0.15, 0.2) is 0 Å². The van der Waals surface area contributed by atoms with E-state index >= 15 is 0 Å². The molecule has 1 aliphatic heterocycles. The Kier molecular flexibility index (Phi) is 2.82. The van der Waals surface area contributed by atoms with Gasteiger partial charge in [-0.2, -0.15) is 0 Å². The smallest absolute Gasteiger partial charge is 0.216 e. The fraction of sp³-hybridized carbons (Fsp3) is 1.00. The number of ether oxygens (including phenoxy) is 1. The van der Waals surface area contributed by atoms with Crippen molar-refractivity contribution in [2.45, 2.75) is 58.5 Å². The first-order chi connectivity index (χ1) is 6.90. The molecule has 1 saturated carbocycles. The molecule has 3 nitrogen and oxygen atoms in total. The molecule has 1 atom stereocenters. The normalized spacial score (nSPS) is 28.0. The topological polar surface area (TPSA) is 32.7 Å². The Labute approximate surface area is 92.4 Å². The monoisotopic (exact) mass is 213 g/mol. The van der Waals surface area contributed by atoms with Gasteiger partial charge in [0.25, 0.3) is 0 Å². The van der Waals surface area contributed by atoms with Crippen LogP contribution in [0.5, 0.6) is 0 Å². The van der Waals surface area contributed by atoms with Crippen LogP contribution < -0.4 is 0 Å². The van der Waals surface area contributed by atoms with Gasteiger partial charge >= 0.3 is 0 Å². The number of nitrogens with zero attached hydrogens (tertiary/aromatic N) is 1. The summed E-state index contributed by atoms with van der Waals surface area (Å²) in [6.07, 6.45) is 4.70. The molecule has 3 heteroatoms. The van der Waals surface area contributed by atoms with Crippen molar-refractivity contribution < 1.29 is 9.84 Å². The summed E-state index contributed by atoms with van der Waals surface area (Å²) >= 11 is 0. The van der Waals surface area contributed by atoms with Gasteiger partial charge in [-0.1, -0.05) is 12.8 Å². The van der Waals surface area contributed by atoms with E-state index in [1.807, 2.05) is 25.7 Å². The minimum atomic E-state index is -0.712. The van der Waals surface area contributed by atoms with E-state index in [0.29, 0.717) is 5.41 Å². The zero-order chi connectivity index (χ0) is 11.1. The van der Waals surface area contributed by atoms with E-state index in [2.05, 4.69) is 0 Å². The van der Waals surface area contributed by atoms with Crippen molar-refractivity contribution in [1.82, 2.24) is 4.90 Å². The lowest BCUT2D eigenvalue weighted by atomic mass is 9.78. The highest BCUT2D eigenvalue weighted by atomic mass is 16.6. The fourth-order valence-electron chi connectivity index (χ4n) is 2.80. The molecular weight excluding hydrogens is 190 g/mol. The molecule has 88 valence electrons. The Morgan fingerprint density at radius 2 is 1.73 bits per heavy atom. The second-order valence-corrected chi connectivity index (χ2v) is 6.17. The van der Waals surface area contributed by atoms with E-state index in [0.717, 1.165) is 13.1 Å². The second kappa shape index (κ2) is 3.72. The predicted molar refractivity (Wildman–Crippen MR) is 59.3 cm³/mol. The van der Waals surface area contributed by atoms with Gasteiger partial charge in [0.05, 0.1) is 5.60 Å². The first kappa shape index (κ1) is 11.4. The number of rotatable bonds is 2. The zero-order valence-electron chi connectivity index (χ0n) is 10.1. The van der Waals surface area contributed by atoms with Crippen molar-refractivity contribution in [3.05, 3.63) is 0 Å². The Balaban J connectivity index is 1.78. The van der Waals surface area contributed by atoms with E-state index < -0.39 is 6.41 Å². The molecule has 1 unspecified atom stereocenters. The Morgan fingerprint density at radius 3 is 2.20 bits per heavy atom. The van der Waals surface area contributed by atoms with Crippen molar-refractivity contribution >= 4 is 0 Å². The lowest BCUT2D eigenvalue weighted by Gasteiger charge is -2.50. The van der Waals surface area contributed by atoms with Crippen LogP contribution in [0.3, 0.4) is 0 Å². The van der Waals surface area contributed by atoms with Gasteiger partial charge in [0, 0.05) is 13.1 Å². The molecule has 0 aromatic rings. The molecular formula is C12H23NO2. The summed E-state index contributed by atoms with van der Waals surface area (Å²) in [4.78, 5) is 2.04. The molecule has 1 N–H and O–H groups in total. The van der Waals surface area contributed by atoms with E-state index in [1.54, 1.807) is 0 Å². The van der Waals surface area contributed by atoms with Crippen LogP contribution in [0.4, 0.5) is 0 Å². The maximum Gasteiger partial charge on any atom is 0.216 e. The number of hydrogen-bond acceptors (Lipinski definition) is 3. The van der Waals surface area contributed by atoms with Crippen molar-refractivity contribution in [2.75, 3.05) is 13.1 Å². The fourth-order valence-corrected chi connectivity index (χ4v) is 2.80. The van der Waals surface area contributed by atoms with Crippen LogP contribution in [0.1, 0.15) is 46.5 Å². The maximum absolute atomic E-state index is 9.85. The summed E-state index contributed by atoms with van der Waals surface area (Å²) in [5.41, 5.74) is 0.264. The van der Waals surface area contributed by atoms with Crippen LogP contribution in [0.25, 0.3) is 0 Å². The zero-order valence-corrected chi connectivity index (χ0v) is 10.1. The van der Waals surface area contributed by atoms with Gasteiger partial charge in [0.2, 0.25) is 6.41 Å². The van der Waals surface area contributed by atoms with Gasteiger partial charge in [-0.3, -0.25) is 4.90 Å². The predicted octanol–water partition coefficient (Wildman–Crippen LogP) is 1.95. The molecule has 2 rings (SSSR count). The summed E-state index contributed by atoms with van der Waals surface area (Å²) in [6, 6.07) is 0. The highest BCUT2D eigenvalue weighted by Gasteiger charge is 2.47. The van der Waals surface area contributed by atoms with Crippen molar-refractivity contribution in [3.63, 3.8) is 0 Å². The quantitative estimate of drug-likeness (QED) is 0.712. The largest absolute Gasteiger partial charge is 0.356 e. The SMILES string of the molecule is CC(C)(C)OC(O)N1CC2(CCCC2)C1. The number of aliphatic hydroxyl groups is 1. The number of aliphatic hydroxyl groups excluding tert-OH is 1. The van der Waals surface area contributed by atoms with Crippen LogP contribution in [0, 0.1) is 5.41 Å². The van der Waals surface area contributed by atoms with Crippen LogP contribution in [-0.2, 0) is 4.74 Å². The molecule has 1 saturated heterocycles. The van der Waals surface area contributed by atoms with Gasteiger partial charge in [-0.15, -0.1) is 0 Å². The van der Waals surface area contributed by atoms with Gasteiger partial charge in [0.1, 0.15) is 0 Å². The Bertz CT molecular complexity index is 220. The molecule has 1 heterocycles. The average molecular weight is 213 g/mol. The first-order valence-corrected chi connectivity index (χ1v) is 6.00. The number of hydrogen-bond donors (Lipinski definition) is 1. The van der Waals surface area contributed by atoms with Crippen LogP contribution in [0.2, 0.25) is 0 Å². The van der Waals surface area contributed by atoms with Gasteiger partial charge in [-0.25, -0.2) is 0 Å². The second-order valence-electron chi connectivity index (χ2n) is 6.17. The molecule has 0 amide bonds. The van der Waals surface area contributed by atoms with E-state index in [9.17, 15) is 5.11 Å². The lowest BCUT2D eigenvalue weighted by molar-refractivity contribution is -0.273. The van der Waals surface area contributed by atoms with Crippen LogP contribution >= 0.6 is 0 Å². The van der Waals surface area contributed by atoms with Gasteiger partial charge < -0.3 is 9.84 Å². The highest BCUT2D eigenvalue weighted by Crippen LogP contribution is 2.46.